The van der Waals surface area contributed by atoms with E-state index in [2.05, 4.69) is 24.9 Å². The Balaban J connectivity index is 0.00000180. The third-order valence-electron chi connectivity index (χ3n) is 5.08. The monoisotopic (exact) mass is 355 g/mol. The number of aromatic nitrogens is 1. The molecule has 1 aromatic heterocycles. The molecule has 0 radical (unpaired) electrons. The molecule has 2 rings (SSSR count). The van der Waals surface area contributed by atoms with E-state index in [1.54, 1.807) is 0 Å². The summed E-state index contributed by atoms with van der Waals surface area (Å²) in [7, 11) is 0. The first-order chi connectivity index (χ1) is 8.37. The summed E-state index contributed by atoms with van der Waals surface area (Å²) in [6.45, 7) is 8.28. The van der Waals surface area contributed by atoms with E-state index in [1.165, 1.54) is 0 Å². The molecule has 2 heterocycles. The Labute approximate surface area is 138 Å². The SMILES string of the molecule is CC1C(c2ccccn2)C(C)[CH](C)[Ti+2]([OH])([OH])[CH]1C.[Cl-].[Cl-]. The Hall–Kier alpha value is 0.364. The molecule has 20 heavy (non-hydrogen) atoms. The van der Waals surface area contributed by atoms with Crippen molar-refractivity contribution in [2.45, 2.75) is 42.1 Å². The van der Waals surface area contributed by atoms with Crippen molar-refractivity contribution in [1.29, 1.82) is 0 Å². The zero-order valence-corrected chi connectivity index (χ0v) is 15.4. The summed E-state index contributed by atoms with van der Waals surface area (Å²) in [5.41, 5.74) is 1.09. The maximum atomic E-state index is 10.4. The number of halogens is 2. The maximum Gasteiger partial charge on any atom is -1.00 e. The van der Waals surface area contributed by atoms with E-state index in [0.29, 0.717) is 5.92 Å². The Morgan fingerprint density at radius 2 is 1.45 bits per heavy atom. The van der Waals surface area contributed by atoms with Crippen LogP contribution >= 0.6 is 0 Å². The fraction of sp³-hybridized carbons (Fsp3) is 0.643. The number of pyridine rings is 1. The third-order valence-corrected chi connectivity index (χ3v) is 10.9. The molecule has 0 bridgehead atoms. The predicted molar refractivity (Wildman–Crippen MR) is 68.6 cm³/mol. The summed E-state index contributed by atoms with van der Waals surface area (Å²) in [6, 6.07) is 6.00. The molecule has 1 fully saturated rings. The van der Waals surface area contributed by atoms with Crippen molar-refractivity contribution in [2.24, 2.45) is 11.8 Å². The van der Waals surface area contributed by atoms with E-state index in [0.717, 1.165) is 5.69 Å². The average Bonchev–Trinajstić information content (AvgIpc) is 2.36. The summed E-state index contributed by atoms with van der Waals surface area (Å²) < 4.78 is 20.9. The van der Waals surface area contributed by atoms with Crippen LogP contribution in [0.4, 0.5) is 0 Å². The maximum absolute atomic E-state index is 10.4. The molecule has 0 aliphatic carbocycles. The Morgan fingerprint density at radius 3 is 1.85 bits per heavy atom. The Kier molecular flexibility index (Phi) is 7.71. The van der Waals surface area contributed by atoms with Gasteiger partial charge in [0.2, 0.25) is 0 Å². The molecule has 1 saturated heterocycles. The molecule has 0 amide bonds. The molecule has 0 saturated carbocycles. The van der Waals surface area contributed by atoms with Gasteiger partial charge in [-0.3, -0.25) is 0 Å². The van der Waals surface area contributed by atoms with Crippen LogP contribution in [0.5, 0.6) is 0 Å². The van der Waals surface area contributed by atoms with Gasteiger partial charge in [-0.1, -0.05) is 0 Å². The van der Waals surface area contributed by atoms with Crippen LogP contribution in [0.1, 0.15) is 39.3 Å². The largest absolute Gasteiger partial charge is 1.00 e. The van der Waals surface area contributed by atoms with Crippen molar-refractivity contribution in [1.82, 2.24) is 4.98 Å². The third kappa shape index (κ3) is 3.40. The molecule has 4 atom stereocenters. The number of nitrogens with zero attached hydrogens (tertiary/aromatic N) is 1. The van der Waals surface area contributed by atoms with Crippen molar-refractivity contribution < 1.29 is 49.6 Å². The van der Waals surface area contributed by atoms with Crippen molar-refractivity contribution in [3.8, 4) is 0 Å². The average molecular weight is 356 g/mol. The van der Waals surface area contributed by atoms with Crippen molar-refractivity contribution in [2.75, 3.05) is 0 Å². The number of hydrogen-bond donors (Lipinski definition) is 2. The molecule has 114 valence electrons. The molecule has 2 N–H and O–H groups in total. The topological polar surface area (TPSA) is 53.4 Å². The van der Waals surface area contributed by atoms with Crippen molar-refractivity contribution in [3.63, 3.8) is 0 Å². The Bertz CT molecular complexity index is 401. The molecule has 1 aliphatic rings. The second-order valence-corrected chi connectivity index (χ2v) is 11.1. The summed E-state index contributed by atoms with van der Waals surface area (Å²) in [5, 5.41) is 0. The second-order valence-electron chi connectivity index (χ2n) is 5.86. The summed E-state index contributed by atoms with van der Waals surface area (Å²) >= 11 is -3.67. The van der Waals surface area contributed by atoms with Crippen LogP contribution in [0.3, 0.4) is 0 Å². The van der Waals surface area contributed by atoms with Crippen LogP contribution < -0.4 is 24.8 Å². The van der Waals surface area contributed by atoms with E-state index < -0.39 is 17.4 Å². The van der Waals surface area contributed by atoms with Gasteiger partial charge in [-0.25, -0.2) is 0 Å². The van der Waals surface area contributed by atoms with E-state index in [-0.39, 0.29) is 45.1 Å². The molecule has 3 nitrogen and oxygen atoms in total. The zero-order chi connectivity index (χ0) is 13.5. The molecule has 6 heteroatoms. The molecule has 1 aliphatic heterocycles. The minimum absolute atomic E-state index is 0. The molecule has 0 spiro atoms. The first-order valence-corrected chi connectivity index (χ1v) is 9.93. The first-order valence-electron chi connectivity index (χ1n) is 6.73. The van der Waals surface area contributed by atoms with E-state index >= 15 is 0 Å². The van der Waals surface area contributed by atoms with E-state index in [1.807, 2.05) is 32.2 Å². The molecule has 4 unspecified atom stereocenters. The van der Waals surface area contributed by atoms with Gasteiger partial charge in [0.05, 0.1) is 0 Å². The van der Waals surface area contributed by atoms with Gasteiger partial charge in [0.15, 0.2) is 0 Å². The van der Waals surface area contributed by atoms with Crippen molar-refractivity contribution in [3.05, 3.63) is 30.1 Å². The molecule has 0 aromatic carbocycles. The molecule has 1 aromatic rings. The fourth-order valence-corrected chi connectivity index (χ4v) is 7.76. The second kappa shape index (κ2) is 7.57. The van der Waals surface area contributed by atoms with Gasteiger partial charge in [-0.15, -0.1) is 0 Å². The number of hydrogen-bond acceptors (Lipinski definition) is 3. The van der Waals surface area contributed by atoms with Crippen molar-refractivity contribution >= 4 is 0 Å². The van der Waals surface area contributed by atoms with Gasteiger partial charge in [0.25, 0.3) is 0 Å². The summed E-state index contributed by atoms with van der Waals surface area (Å²) in [5.74, 6) is 0.886. The van der Waals surface area contributed by atoms with Crippen LogP contribution in [-0.4, -0.2) is 12.4 Å². The number of rotatable bonds is 1. The van der Waals surface area contributed by atoms with Crippen LogP contribution in [0, 0.1) is 11.8 Å². The molecular weight excluding hydrogens is 333 g/mol. The van der Waals surface area contributed by atoms with Crippen LogP contribution in [0.25, 0.3) is 0 Å². The normalized spacial score (nSPS) is 34.0. The quantitative estimate of drug-likeness (QED) is 0.529. The minimum Gasteiger partial charge on any atom is -1.00 e. The standard InChI is InChI=1S/C14H21N.2ClH.2H2O.Ti/c1-5-11(3)14(12(4)6-2)13-9-7-8-10-15-13;;;;;/h5-12,14H,1-4H3;2*1H;2*1H2;/q;;;;;+4/p-4. The van der Waals surface area contributed by atoms with Crippen LogP contribution in [-0.2, 0) is 17.4 Å². The van der Waals surface area contributed by atoms with Crippen LogP contribution in [0.2, 0.25) is 8.45 Å². The van der Waals surface area contributed by atoms with Gasteiger partial charge in [-0.2, -0.15) is 0 Å². The van der Waals surface area contributed by atoms with Gasteiger partial charge < -0.3 is 24.8 Å². The van der Waals surface area contributed by atoms with Gasteiger partial charge >= 0.3 is 114 Å². The fourth-order valence-electron chi connectivity index (χ4n) is 3.40. The van der Waals surface area contributed by atoms with E-state index in [9.17, 15) is 7.38 Å². The summed E-state index contributed by atoms with van der Waals surface area (Å²) in [6.07, 6.45) is 1.82. The van der Waals surface area contributed by atoms with Gasteiger partial charge in [-0.05, 0) is 0 Å². The molecular formula is C14H23Cl2NO2Ti. The predicted octanol–water partition coefficient (Wildman–Crippen LogP) is -2.96. The Morgan fingerprint density at radius 1 is 0.950 bits per heavy atom. The zero-order valence-electron chi connectivity index (χ0n) is 12.3. The van der Waals surface area contributed by atoms with Gasteiger partial charge in [0.1, 0.15) is 0 Å². The first kappa shape index (κ1) is 20.4. The minimum atomic E-state index is -3.67. The summed E-state index contributed by atoms with van der Waals surface area (Å²) in [4.78, 5) is 4.48. The smallest absolute Gasteiger partial charge is 1.00 e. The van der Waals surface area contributed by atoms with Gasteiger partial charge in [0, 0.05) is 0 Å². The van der Waals surface area contributed by atoms with E-state index in [4.69, 9.17) is 0 Å². The van der Waals surface area contributed by atoms with Crippen LogP contribution in [0.15, 0.2) is 24.4 Å².